The van der Waals surface area contributed by atoms with E-state index in [9.17, 15) is 19.7 Å². The molecule has 7 nitrogen and oxygen atoms in total. The topological polar surface area (TPSA) is 91.4 Å². The molecule has 2 rings (SSSR count). The number of ether oxygens (including phenoxy) is 1. The van der Waals surface area contributed by atoms with Gasteiger partial charge in [-0.05, 0) is 24.5 Å². The van der Waals surface area contributed by atoms with Crippen LogP contribution in [0.25, 0.3) is 10.8 Å². The van der Waals surface area contributed by atoms with Gasteiger partial charge in [-0.15, -0.1) is 0 Å². The van der Waals surface area contributed by atoms with E-state index in [0.29, 0.717) is 17.7 Å². The highest BCUT2D eigenvalue weighted by atomic mass is 16.6. The van der Waals surface area contributed by atoms with Gasteiger partial charge >= 0.3 is 5.97 Å². The minimum atomic E-state index is -0.503. The van der Waals surface area contributed by atoms with Gasteiger partial charge in [-0.1, -0.05) is 19.9 Å². The number of hydrogen-bond donors (Lipinski definition) is 0. The summed E-state index contributed by atoms with van der Waals surface area (Å²) in [6.07, 6.45) is 2.18. The minimum absolute atomic E-state index is 0.0911. The number of fused-ring (bicyclic) bond motifs is 1. The van der Waals surface area contributed by atoms with Crippen molar-refractivity contribution < 1.29 is 14.5 Å². The van der Waals surface area contributed by atoms with Crippen LogP contribution in [-0.4, -0.2) is 22.1 Å². The van der Waals surface area contributed by atoms with Crippen LogP contribution in [0.3, 0.4) is 0 Å². The average molecular weight is 332 g/mol. The summed E-state index contributed by atoms with van der Waals surface area (Å²) in [6, 6.07) is 5.69. The van der Waals surface area contributed by atoms with Crippen LogP contribution in [-0.2, 0) is 9.53 Å². The summed E-state index contributed by atoms with van der Waals surface area (Å²) in [4.78, 5) is 34.5. The first-order valence-corrected chi connectivity index (χ1v) is 7.73. The molecule has 24 heavy (non-hydrogen) atoms. The SMILES string of the molecule is CC(=O)OC[C@H](CC(C)C)n1ccc2c([N+](=O)[O-])cccc2c1=O. The molecule has 0 radical (unpaired) electrons. The smallest absolute Gasteiger partial charge is 0.302 e. The predicted octanol–water partition coefficient (Wildman–Crippen LogP) is 3.06. The highest BCUT2D eigenvalue weighted by Crippen LogP contribution is 2.24. The molecule has 0 fully saturated rings. The van der Waals surface area contributed by atoms with Crippen LogP contribution in [0.4, 0.5) is 5.69 Å². The van der Waals surface area contributed by atoms with E-state index in [-0.39, 0.29) is 29.3 Å². The van der Waals surface area contributed by atoms with E-state index in [0.717, 1.165) is 0 Å². The van der Waals surface area contributed by atoms with Crippen molar-refractivity contribution in [3.8, 4) is 0 Å². The van der Waals surface area contributed by atoms with E-state index in [1.54, 1.807) is 12.1 Å². The molecular formula is C17H20N2O5. The first-order valence-electron chi connectivity index (χ1n) is 7.73. The van der Waals surface area contributed by atoms with E-state index >= 15 is 0 Å². The third-order valence-electron chi connectivity index (χ3n) is 3.76. The monoisotopic (exact) mass is 332 g/mol. The van der Waals surface area contributed by atoms with Crippen LogP contribution in [0.1, 0.15) is 33.2 Å². The van der Waals surface area contributed by atoms with Crippen molar-refractivity contribution in [2.24, 2.45) is 5.92 Å². The lowest BCUT2D eigenvalue weighted by atomic mass is 10.0. The molecule has 0 saturated carbocycles. The largest absolute Gasteiger partial charge is 0.464 e. The van der Waals surface area contributed by atoms with Gasteiger partial charge in [-0.25, -0.2) is 0 Å². The summed E-state index contributed by atoms with van der Waals surface area (Å²) in [7, 11) is 0. The summed E-state index contributed by atoms with van der Waals surface area (Å²) >= 11 is 0. The molecule has 0 aliphatic rings. The quantitative estimate of drug-likeness (QED) is 0.460. The number of hydrogen-bond acceptors (Lipinski definition) is 5. The molecule has 0 amide bonds. The van der Waals surface area contributed by atoms with E-state index < -0.39 is 10.9 Å². The molecule has 7 heteroatoms. The number of carbonyl (C=O) groups is 1. The van der Waals surface area contributed by atoms with Gasteiger partial charge in [0, 0.05) is 19.2 Å². The summed E-state index contributed by atoms with van der Waals surface area (Å²) in [5, 5.41) is 11.7. The Morgan fingerprint density at radius 2 is 2.00 bits per heavy atom. The molecule has 0 spiro atoms. The number of pyridine rings is 1. The third kappa shape index (κ3) is 3.79. The Bertz CT molecular complexity index is 825. The van der Waals surface area contributed by atoms with Crippen molar-refractivity contribution in [2.45, 2.75) is 33.2 Å². The van der Waals surface area contributed by atoms with Gasteiger partial charge in [0.05, 0.1) is 21.7 Å². The van der Waals surface area contributed by atoms with Crippen LogP contribution < -0.4 is 5.56 Å². The molecule has 128 valence electrons. The second kappa shape index (κ2) is 7.25. The van der Waals surface area contributed by atoms with Crippen molar-refractivity contribution in [2.75, 3.05) is 6.61 Å². The summed E-state index contributed by atoms with van der Waals surface area (Å²) in [6.45, 7) is 5.43. The zero-order valence-electron chi connectivity index (χ0n) is 13.9. The number of esters is 1. The van der Waals surface area contributed by atoms with Gasteiger partial charge in [0.15, 0.2) is 0 Å². The fraction of sp³-hybridized carbons (Fsp3) is 0.412. The lowest BCUT2D eigenvalue weighted by molar-refractivity contribution is -0.383. The third-order valence-corrected chi connectivity index (χ3v) is 3.76. The van der Waals surface area contributed by atoms with Crippen LogP contribution >= 0.6 is 0 Å². The molecule has 0 N–H and O–H groups in total. The Labute approximate surface area is 139 Å². The first kappa shape index (κ1) is 17.7. The first-order chi connectivity index (χ1) is 11.3. The fourth-order valence-corrected chi connectivity index (χ4v) is 2.74. The molecule has 1 atom stereocenters. The van der Waals surface area contributed by atoms with Gasteiger partial charge in [0.1, 0.15) is 6.61 Å². The Morgan fingerprint density at radius 3 is 2.58 bits per heavy atom. The molecule has 1 aromatic heterocycles. The number of carbonyl (C=O) groups excluding carboxylic acids is 1. The maximum atomic E-state index is 12.8. The maximum absolute atomic E-state index is 12.8. The van der Waals surface area contributed by atoms with Gasteiger partial charge in [-0.3, -0.25) is 19.7 Å². The van der Waals surface area contributed by atoms with Gasteiger partial charge in [0.25, 0.3) is 11.2 Å². The number of nitro groups is 1. The molecule has 2 aromatic rings. The van der Waals surface area contributed by atoms with Crippen LogP contribution in [0.2, 0.25) is 0 Å². The molecule has 0 aliphatic heterocycles. The van der Waals surface area contributed by atoms with Crippen molar-refractivity contribution in [3.05, 3.63) is 50.9 Å². The number of nitrogens with zero attached hydrogens (tertiary/aromatic N) is 2. The van der Waals surface area contributed by atoms with E-state index in [4.69, 9.17) is 4.74 Å². The number of nitro benzene ring substituents is 1. The lowest BCUT2D eigenvalue weighted by Gasteiger charge is -2.21. The molecule has 0 aliphatic carbocycles. The van der Waals surface area contributed by atoms with Crippen LogP contribution in [0, 0.1) is 16.0 Å². The Morgan fingerprint density at radius 1 is 1.29 bits per heavy atom. The Balaban J connectivity index is 2.53. The van der Waals surface area contributed by atoms with Crippen LogP contribution in [0.5, 0.6) is 0 Å². The second-order valence-electron chi connectivity index (χ2n) is 6.11. The van der Waals surface area contributed by atoms with Crippen molar-refractivity contribution in [1.82, 2.24) is 4.57 Å². The second-order valence-corrected chi connectivity index (χ2v) is 6.11. The molecule has 0 bridgehead atoms. The highest BCUT2D eigenvalue weighted by molar-refractivity contribution is 5.89. The van der Waals surface area contributed by atoms with Gasteiger partial charge < -0.3 is 9.30 Å². The lowest BCUT2D eigenvalue weighted by Crippen LogP contribution is -2.29. The summed E-state index contributed by atoms with van der Waals surface area (Å²) < 4.78 is 6.58. The number of benzene rings is 1. The number of non-ortho nitro benzene ring substituents is 1. The molecular weight excluding hydrogens is 312 g/mol. The number of rotatable bonds is 6. The predicted molar refractivity (Wildman–Crippen MR) is 90.0 cm³/mol. The molecule has 0 unspecified atom stereocenters. The standard InChI is InChI=1S/C17H20N2O5/c1-11(2)9-13(10-24-12(3)20)18-8-7-14-15(17(18)21)5-4-6-16(14)19(22)23/h4-8,11,13H,9-10H2,1-3H3/t13-/m0/s1. The zero-order chi connectivity index (χ0) is 17.9. The average Bonchev–Trinajstić information content (AvgIpc) is 2.51. The highest BCUT2D eigenvalue weighted by Gasteiger charge is 2.19. The van der Waals surface area contributed by atoms with Crippen LogP contribution in [0.15, 0.2) is 35.3 Å². The minimum Gasteiger partial charge on any atom is -0.464 e. The van der Waals surface area contributed by atoms with Gasteiger partial charge in [0.2, 0.25) is 0 Å². The normalized spacial score (nSPS) is 12.3. The Kier molecular flexibility index (Phi) is 5.33. The Hall–Kier alpha value is -2.70. The summed E-state index contributed by atoms with van der Waals surface area (Å²) in [5.41, 5.74) is -0.425. The van der Waals surface area contributed by atoms with Crippen molar-refractivity contribution in [3.63, 3.8) is 0 Å². The van der Waals surface area contributed by atoms with Crippen molar-refractivity contribution >= 4 is 22.4 Å². The molecule has 1 heterocycles. The maximum Gasteiger partial charge on any atom is 0.302 e. The zero-order valence-corrected chi connectivity index (χ0v) is 13.9. The van der Waals surface area contributed by atoms with E-state index in [1.165, 1.54) is 29.8 Å². The van der Waals surface area contributed by atoms with Crippen molar-refractivity contribution in [1.29, 1.82) is 0 Å². The fourth-order valence-electron chi connectivity index (χ4n) is 2.74. The number of aromatic nitrogens is 1. The molecule has 0 saturated heterocycles. The molecule has 1 aromatic carbocycles. The van der Waals surface area contributed by atoms with Gasteiger partial charge in [-0.2, -0.15) is 0 Å². The van der Waals surface area contributed by atoms with E-state index in [1.807, 2.05) is 13.8 Å². The van der Waals surface area contributed by atoms with E-state index in [2.05, 4.69) is 0 Å². The summed E-state index contributed by atoms with van der Waals surface area (Å²) in [5.74, 6) is -0.119.